The van der Waals surface area contributed by atoms with Gasteiger partial charge in [-0.2, -0.15) is 10.5 Å². The van der Waals surface area contributed by atoms with Gasteiger partial charge in [-0.25, -0.2) is 0 Å². The molecular formula is C35H18N2O. The van der Waals surface area contributed by atoms with E-state index in [1.165, 1.54) is 0 Å². The molecule has 1 aliphatic carbocycles. The summed E-state index contributed by atoms with van der Waals surface area (Å²) in [6.45, 7) is 0. The second kappa shape index (κ2) is 7.32. The highest BCUT2D eigenvalue weighted by Gasteiger charge is 2.52. The largest absolute Gasteiger partial charge is 0.455 e. The minimum Gasteiger partial charge on any atom is -0.455 e. The lowest BCUT2D eigenvalue weighted by Gasteiger charge is -2.40. The van der Waals surface area contributed by atoms with E-state index in [-0.39, 0.29) is 0 Å². The molecule has 0 N–H and O–H groups in total. The predicted octanol–water partition coefficient (Wildman–Crippen LogP) is 8.21. The average molecular weight is 483 g/mol. The minimum atomic E-state index is -0.749. The molecule has 1 aliphatic heterocycles. The highest BCUT2D eigenvalue weighted by Crippen LogP contribution is 2.64. The zero-order valence-electron chi connectivity index (χ0n) is 20.2. The molecule has 8 rings (SSSR count). The Hall–Kier alpha value is -5.38. The second-order valence-electron chi connectivity index (χ2n) is 9.92. The van der Waals surface area contributed by atoms with Crippen LogP contribution in [-0.4, -0.2) is 0 Å². The lowest BCUT2D eigenvalue weighted by molar-refractivity contribution is 0.447. The fraction of sp³-hybridized carbons (Fsp3) is 0.0286. The molecule has 0 bridgehead atoms. The molecule has 6 aromatic carbocycles. The fourth-order valence-electron chi connectivity index (χ4n) is 6.59. The predicted molar refractivity (Wildman–Crippen MR) is 148 cm³/mol. The van der Waals surface area contributed by atoms with Gasteiger partial charge >= 0.3 is 0 Å². The second-order valence-corrected chi connectivity index (χ2v) is 9.92. The molecule has 0 fully saturated rings. The summed E-state index contributed by atoms with van der Waals surface area (Å²) in [6.07, 6.45) is 0. The Bertz CT molecular complexity index is 1940. The van der Waals surface area contributed by atoms with Gasteiger partial charge in [0.2, 0.25) is 0 Å². The molecule has 0 unspecified atom stereocenters. The number of nitriles is 2. The highest BCUT2D eigenvalue weighted by molar-refractivity contribution is 5.99. The summed E-state index contributed by atoms with van der Waals surface area (Å²) in [6, 6.07) is 41.7. The minimum absolute atomic E-state index is 0.604. The fourth-order valence-corrected chi connectivity index (χ4v) is 6.59. The van der Waals surface area contributed by atoms with Gasteiger partial charge in [0.15, 0.2) is 0 Å². The van der Waals surface area contributed by atoms with Crippen LogP contribution in [0.1, 0.15) is 33.4 Å². The molecule has 0 atom stereocenters. The molecule has 1 heterocycles. The highest BCUT2D eigenvalue weighted by atomic mass is 16.5. The van der Waals surface area contributed by atoms with Gasteiger partial charge in [0.05, 0.1) is 28.7 Å². The average Bonchev–Trinajstić information content (AvgIpc) is 3.26. The first-order valence-corrected chi connectivity index (χ1v) is 12.6. The van der Waals surface area contributed by atoms with Gasteiger partial charge in [-0.1, -0.05) is 84.9 Å². The third kappa shape index (κ3) is 2.45. The monoisotopic (exact) mass is 482 g/mol. The van der Waals surface area contributed by atoms with E-state index in [1.807, 2.05) is 60.7 Å². The van der Waals surface area contributed by atoms with Crippen molar-refractivity contribution >= 4 is 21.5 Å². The molecule has 1 spiro atoms. The van der Waals surface area contributed by atoms with Crippen LogP contribution in [0.5, 0.6) is 11.5 Å². The Labute approximate surface area is 219 Å². The van der Waals surface area contributed by atoms with Crippen LogP contribution in [0.15, 0.2) is 109 Å². The number of rotatable bonds is 0. The molecule has 2 aliphatic rings. The van der Waals surface area contributed by atoms with E-state index in [0.717, 1.165) is 66.4 Å². The van der Waals surface area contributed by atoms with E-state index in [0.29, 0.717) is 11.1 Å². The van der Waals surface area contributed by atoms with E-state index in [1.54, 1.807) is 0 Å². The molecule has 0 radical (unpaired) electrons. The van der Waals surface area contributed by atoms with Gasteiger partial charge in [-0.3, -0.25) is 0 Å². The maximum Gasteiger partial charge on any atom is 0.140 e. The summed E-state index contributed by atoms with van der Waals surface area (Å²) in [5, 5.41) is 24.1. The summed E-state index contributed by atoms with van der Waals surface area (Å²) >= 11 is 0. The van der Waals surface area contributed by atoms with Gasteiger partial charge in [0.25, 0.3) is 0 Å². The lowest BCUT2D eigenvalue weighted by Crippen LogP contribution is -2.32. The van der Waals surface area contributed by atoms with Crippen molar-refractivity contribution in [3.05, 3.63) is 143 Å². The van der Waals surface area contributed by atoms with Crippen molar-refractivity contribution in [2.45, 2.75) is 5.41 Å². The molecular weight excluding hydrogens is 464 g/mol. The molecule has 0 saturated carbocycles. The van der Waals surface area contributed by atoms with Crippen molar-refractivity contribution in [1.29, 1.82) is 10.5 Å². The van der Waals surface area contributed by atoms with Crippen LogP contribution in [-0.2, 0) is 5.41 Å². The van der Waals surface area contributed by atoms with Gasteiger partial charge < -0.3 is 4.74 Å². The standard InChI is InChI=1S/C35H18N2O/c36-19-21-9-13-27-28-14-10-22(20-37)18-32(28)35(31(27)17-21)29-15-11-23-5-1-3-7-25(23)33(29)38-34-26-8-4-2-6-24(26)12-16-30(34)35/h1-18H. The van der Waals surface area contributed by atoms with E-state index >= 15 is 0 Å². The zero-order chi connectivity index (χ0) is 25.4. The Kier molecular flexibility index (Phi) is 4.00. The third-order valence-corrected chi connectivity index (χ3v) is 8.17. The van der Waals surface area contributed by atoms with E-state index in [9.17, 15) is 10.5 Å². The van der Waals surface area contributed by atoms with Crippen molar-refractivity contribution in [2.75, 3.05) is 0 Å². The van der Waals surface area contributed by atoms with Crippen LogP contribution in [0.3, 0.4) is 0 Å². The molecule has 6 aromatic rings. The first-order valence-electron chi connectivity index (χ1n) is 12.6. The number of benzene rings is 6. The molecule has 0 aromatic heterocycles. The number of fused-ring (bicyclic) bond motifs is 13. The SMILES string of the molecule is N#Cc1ccc2c(c1)C1(c3cc(C#N)ccc3-2)c2ccc3ccccc3c2Oc2c1ccc1ccccc21. The number of hydrogen-bond acceptors (Lipinski definition) is 3. The molecule has 38 heavy (non-hydrogen) atoms. The van der Waals surface area contributed by atoms with Crippen LogP contribution in [0.2, 0.25) is 0 Å². The van der Waals surface area contributed by atoms with Crippen molar-refractivity contribution in [1.82, 2.24) is 0 Å². The number of ether oxygens (including phenoxy) is 1. The molecule has 3 nitrogen and oxygen atoms in total. The van der Waals surface area contributed by atoms with Gasteiger partial charge in [-0.15, -0.1) is 0 Å². The van der Waals surface area contributed by atoms with Crippen LogP contribution in [0.4, 0.5) is 0 Å². The Morgan fingerprint density at radius 3 is 1.45 bits per heavy atom. The maximum absolute atomic E-state index is 9.91. The number of hydrogen-bond donors (Lipinski definition) is 0. The van der Waals surface area contributed by atoms with Crippen LogP contribution in [0, 0.1) is 22.7 Å². The lowest BCUT2D eigenvalue weighted by atomic mass is 9.65. The molecule has 0 saturated heterocycles. The van der Waals surface area contributed by atoms with E-state index in [4.69, 9.17) is 4.74 Å². The van der Waals surface area contributed by atoms with E-state index < -0.39 is 5.41 Å². The smallest absolute Gasteiger partial charge is 0.140 e. The van der Waals surface area contributed by atoms with Crippen molar-refractivity contribution in [2.24, 2.45) is 0 Å². The summed E-state index contributed by atoms with van der Waals surface area (Å²) < 4.78 is 6.90. The first kappa shape index (κ1) is 20.8. The number of nitrogens with zero attached hydrogens (tertiary/aromatic N) is 2. The van der Waals surface area contributed by atoms with E-state index in [2.05, 4.69) is 60.7 Å². The molecule has 0 amide bonds. The molecule has 174 valence electrons. The Morgan fingerprint density at radius 2 is 0.974 bits per heavy atom. The normalized spacial score (nSPS) is 13.6. The van der Waals surface area contributed by atoms with Crippen molar-refractivity contribution in [3.63, 3.8) is 0 Å². The maximum atomic E-state index is 9.91. The van der Waals surface area contributed by atoms with Gasteiger partial charge in [0, 0.05) is 21.9 Å². The van der Waals surface area contributed by atoms with Crippen LogP contribution >= 0.6 is 0 Å². The Balaban J connectivity index is 1.64. The first-order chi connectivity index (χ1) is 18.7. The molecule has 3 heteroatoms. The topological polar surface area (TPSA) is 56.8 Å². The Morgan fingerprint density at radius 1 is 0.500 bits per heavy atom. The summed E-state index contributed by atoms with van der Waals surface area (Å²) in [5.74, 6) is 1.63. The van der Waals surface area contributed by atoms with Crippen molar-refractivity contribution in [3.8, 4) is 34.8 Å². The van der Waals surface area contributed by atoms with Crippen LogP contribution in [0.25, 0.3) is 32.7 Å². The van der Waals surface area contributed by atoms with Crippen LogP contribution < -0.4 is 4.74 Å². The third-order valence-electron chi connectivity index (χ3n) is 8.17. The summed E-state index contributed by atoms with van der Waals surface area (Å²) in [5.41, 5.74) is 6.72. The summed E-state index contributed by atoms with van der Waals surface area (Å²) in [7, 11) is 0. The van der Waals surface area contributed by atoms with Gasteiger partial charge in [-0.05, 0) is 57.3 Å². The van der Waals surface area contributed by atoms with Gasteiger partial charge in [0.1, 0.15) is 11.5 Å². The quantitative estimate of drug-likeness (QED) is 0.219. The van der Waals surface area contributed by atoms with Crippen molar-refractivity contribution < 1.29 is 4.74 Å². The summed E-state index contributed by atoms with van der Waals surface area (Å²) in [4.78, 5) is 0. The zero-order valence-corrected chi connectivity index (χ0v) is 20.2.